The van der Waals surface area contributed by atoms with Gasteiger partial charge in [0.15, 0.2) is 0 Å². The predicted octanol–water partition coefficient (Wildman–Crippen LogP) is 3.77. The molecule has 0 bridgehead atoms. The summed E-state index contributed by atoms with van der Waals surface area (Å²) in [5, 5.41) is 7.84. The molecule has 0 saturated carbocycles. The van der Waals surface area contributed by atoms with E-state index in [2.05, 4.69) is 15.2 Å². The molecule has 1 aliphatic rings. The van der Waals surface area contributed by atoms with Crippen molar-refractivity contribution in [3.05, 3.63) is 40.5 Å². The number of aryl methyl sites for hydroxylation is 3. The Bertz CT molecular complexity index is 1100. The molecule has 3 aromatic rings. The summed E-state index contributed by atoms with van der Waals surface area (Å²) >= 11 is 0. The highest BCUT2D eigenvalue weighted by Gasteiger charge is 2.37. The Morgan fingerprint density at radius 1 is 1.27 bits per heavy atom. The third kappa shape index (κ3) is 3.78. The molecule has 0 aliphatic carbocycles. The number of pyridine rings is 1. The maximum atomic E-state index is 13.6. The smallest absolute Gasteiger partial charge is 0.340 e. The molecule has 30 heavy (non-hydrogen) atoms. The van der Waals surface area contributed by atoms with Crippen molar-refractivity contribution in [1.29, 1.82) is 0 Å². The molecule has 4 heterocycles. The summed E-state index contributed by atoms with van der Waals surface area (Å²) in [6.07, 6.45) is -3.22. The lowest BCUT2D eigenvalue weighted by Crippen LogP contribution is -2.41. The number of rotatable bonds is 3. The SMILES string of the molecule is Cc1cc(C)n(CC(=O)N2CCC[C@@H](c3cc(C(F)(F)F)c4c(C)noc4n3)C2)n1. The van der Waals surface area contributed by atoms with Gasteiger partial charge in [-0.2, -0.15) is 18.3 Å². The number of aromatic nitrogens is 4. The van der Waals surface area contributed by atoms with Gasteiger partial charge in [-0.1, -0.05) is 5.16 Å². The zero-order chi connectivity index (χ0) is 21.6. The van der Waals surface area contributed by atoms with Gasteiger partial charge in [-0.25, -0.2) is 4.98 Å². The normalized spacial score (nSPS) is 17.7. The van der Waals surface area contributed by atoms with Crippen LogP contribution in [-0.2, 0) is 17.5 Å². The summed E-state index contributed by atoms with van der Waals surface area (Å²) in [6.45, 7) is 6.17. The van der Waals surface area contributed by atoms with Gasteiger partial charge >= 0.3 is 6.18 Å². The fraction of sp³-hybridized carbons (Fsp3) is 0.500. The summed E-state index contributed by atoms with van der Waals surface area (Å²) in [6, 6.07) is 2.97. The van der Waals surface area contributed by atoms with Crippen LogP contribution in [-0.4, -0.2) is 43.8 Å². The maximum absolute atomic E-state index is 13.6. The average molecular weight is 421 g/mol. The number of piperidine rings is 1. The number of carbonyl (C=O) groups excluding carboxylic acids is 1. The first-order chi connectivity index (χ1) is 14.1. The van der Waals surface area contributed by atoms with Crippen LogP contribution in [0.15, 0.2) is 16.7 Å². The van der Waals surface area contributed by atoms with Crippen LogP contribution in [0.4, 0.5) is 13.2 Å². The molecule has 3 aromatic heterocycles. The molecule has 0 unspecified atom stereocenters. The lowest BCUT2D eigenvalue weighted by molar-refractivity contribution is -0.136. The van der Waals surface area contributed by atoms with E-state index in [-0.39, 0.29) is 40.9 Å². The van der Waals surface area contributed by atoms with Gasteiger partial charge in [-0.15, -0.1) is 0 Å². The van der Waals surface area contributed by atoms with E-state index in [0.29, 0.717) is 25.9 Å². The summed E-state index contributed by atoms with van der Waals surface area (Å²) < 4.78 is 47.6. The monoisotopic (exact) mass is 421 g/mol. The van der Waals surface area contributed by atoms with Gasteiger partial charge in [-0.3, -0.25) is 9.48 Å². The topological polar surface area (TPSA) is 77.0 Å². The largest absolute Gasteiger partial charge is 0.417 e. The van der Waals surface area contributed by atoms with E-state index in [1.165, 1.54) is 6.92 Å². The molecule has 7 nitrogen and oxygen atoms in total. The predicted molar refractivity (Wildman–Crippen MR) is 102 cm³/mol. The maximum Gasteiger partial charge on any atom is 0.417 e. The van der Waals surface area contributed by atoms with E-state index in [4.69, 9.17) is 4.52 Å². The Balaban J connectivity index is 1.59. The number of fused-ring (bicyclic) bond motifs is 1. The molecule has 160 valence electrons. The first-order valence-corrected chi connectivity index (χ1v) is 9.76. The molecular weight excluding hydrogens is 399 g/mol. The number of amides is 1. The molecule has 4 rings (SSSR count). The molecule has 1 aliphatic heterocycles. The Morgan fingerprint density at radius 2 is 2.03 bits per heavy atom. The van der Waals surface area contributed by atoms with Crippen LogP contribution >= 0.6 is 0 Å². The minimum atomic E-state index is -4.55. The van der Waals surface area contributed by atoms with E-state index < -0.39 is 11.7 Å². The van der Waals surface area contributed by atoms with Crippen molar-refractivity contribution in [2.75, 3.05) is 13.1 Å². The zero-order valence-electron chi connectivity index (χ0n) is 17.0. The molecule has 1 atom stereocenters. The van der Waals surface area contributed by atoms with Crippen LogP contribution in [0, 0.1) is 20.8 Å². The number of alkyl halides is 3. The first kappa shape index (κ1) is 20.4. The second-order valence-electron chi connectivity index (χ2n) is 7.80. The molecule has 10 heteroatoms. The summed E-state index contributed by atoms with van der Waals surface area (Å²) in [7, 11) is 0. The molecular formula is C20H22F3N5O2. The van der Waals surface area contributed by atoms with Gasteiger partial charge in [0.2, 0.25) is 5.91 Å². The van der Waals surface area contributed by atoms with Crippen LogP contribution < -0.4 is 0 Å². The highest BCUT2D eigenvalue weighted by atomic mass is 19.4. The standard InChI is InChI=1S/C20H22F3N5O2/c1-11-7-12(2)28(25-11)10-17(29)27-6-4-5-14(9-27)16-8-15(20(21,22)23)18-13(3)26-30-19(18)24-16/h7-8,14H,4-6,9-10H2,1-3H3/t14-/m1/s1. The summed E-state index contributed by atoms with van der Waals surface area (Å²) in [4.78, 5) is 18.8. The quantitative estimate of drug-likeness (QED) is 0.644. The average Bonchev–Trinajstić information content (AvgIpc) is 3.21. The number of halogens is 3. The van der Waals surface area contributed by atoms with Gasteiger partial charge in [-0.05, 0) is 45.7 Å². The second kappa shape index (κ2) is 7.41. The van der Waals surface area contributed by atoms with Crippen LogP contribution in [0.2, 0.25) is 0 Å². The first-order valence-electron chi connectivity index (χ1n) is 9.76. The van der Waals surface area contributed by atoms with E-state index >= 15 is 0 Å². The van der Waals surface area contributed by atoms with E-state index in [1.54, 1.807) is 9.58 Å². The fourth-order valence-electron chi connectivity index (χ4n) is 4.05. The zero-order valence-corrected chi connectivity index (χ0v) is 17.0. The van der Waals surface area contributed by atoms with E-state index in [0.717, 1.165) is 17.5 Å². The summed E-state index contributed by atoms with van der Waals surface area (Å²) in [5.41, 5.74) is 1.22. The minimum absolute atomic E-state index is 0.105. The Hall–Kier alpha value is -2.91. The third-order valence-electron chi connectivity index (χ3n) is 5.52. The lowest BCUT2D eigenvalue weighted by Gasteiger charge is -2.32. The van der Waals surface area contributed by atoms with Crippen molar-refractivity contribution >= 4 is 17.0 Å². The Morgan fingerprint density at radius 3 is 2.70 bits per heavy atom. The fourth-order valence-corrected chi connectivity index (χ4v) is 4.05. The van der Waals surface area contributed by atoms with E-state index in [1.807, 2.05) is 19.9 Å². The highest BCUT2D eigenvalue weighted by Crippen LogP contribution is 2.38. The van der Waals surface area contributed by atoms with Crippen LogP contribution in [0.25, 0.3) is 11.1 Å². The van der Waals surface area contributed by atoms with Gasteiger partial charge in [0.1, 0.15) is 6.54 Å². The number of hydrogen-bond donors (Lipinski definition) is 0. The number of carbonyl (C=O) groups is 1. The highest BCUT2D eigenvalue weighted by molar-refractivity contribution is 5.81. The van der Waals surface area contributed by atoms with Crippen LogP contribution in [0.3, 0.4) is 0 Å². The molecule has 1 saturated heterocycles. The molecule has 1 fully saturated rings. The number of nitrogens with zero attached hydrogens (tertiary/aromatic N) is 5. The minimum Gasteiger partial charge on any atom is -0.340 e. The third-order valence-corrected chi connectivity index (χ3v) is 5.52. The van der Waals surface area contributed by atoms with Crippen molar-refractivity contribution in [2.24, 2.45) is 0 Å². The second-order valence-corrected chi connectivity index (χ2v) is 7.80. The van der Waals surface area contributed by atoms with Crippen molar-refractivity contribution in [3.63, 3.8) is 0 Å². The molecule has 0 radical (unpaired) electrons. The molecule has 1 amide bonds. The Kier molecular flexibility index (Phi) is 5.03. The molecule has 0 aromatic carbocycles. The van der Waals surface area contributed by atoms with Crippen molar-refractivity contribution in [1.82, 2.24) is 24.8 Å². The molecule has 0 spiro atoms. The van der Waals surface area contributed by atoms with Gasteiger partial charge < -0.3 is 9.42 Å². The molecule has 0 N–H and O–H groups in total. The lowest BCUT2D eigenvalue weighted by atomic mass is 9.92. The van der Waals surface area contributed by atoms with Gasteiger partial charge in [0.05, 0.1) is 28.0 Å². The van der Waals surface area contributed by atoms with Crippen molar-refractivity contribution < 1.29 is 22.5 Å². The van der Waals surface area contributed by atoms with Gasteiger partial charge in [0.25, 0.3) is 5.71 Å². The van der Waals surface area contributed by atoms with Crippen LogP contribution in [0.5, 0.6) is 0 Å². The number of likely N-dealkylation sites (tertiary alicyclic amines) is 1. The van der Waals surface area contributed by atoms with Crippen molar-refractivity contribution in [3.8, 4) is 0 Å². The van der Waals surface area contributed by atoms with E-state index in [9.17, 15) is 18.0 Å². The summed E-state index contributed by atoms with van der Waals surface area (Å²) in [5.74, 6) is -0.419. The number of hydrogen-bond acceptors (Lipinski definition) is 5. The van der Waals surface area contributed by atoms with Crippen LogP contribution in [0.1, 0.15) is 47.1 Å². The van der Waals surface area contributed by atoms with Gasteiger partial charge in [0, 0.05) is 24.7 Å². The van der Waals surface area contributed by atoms with Crippen molar-refractivity contribution in [2.45, 2.75) is 52.3 Å². The Labute approximate surface area is 170 Å².